The summed E-state index contributed by atoms with van der Waals surface area (Å²) in [5.74, 6) is 6.06. The maximum Gasteiger partial charge on any atom is 0.0577 e. The molecule has 9 atom stereocenters. The van der Waals surface area contributed by atoms with Crippen LogP contribution in [0.1, 0.15) is 106 Å². The average molecular weight is 401 g/mol. The van der Waals surface area contributed by atoms with Crippen LogP contribution in [-0.2, 0) is 0 Å². The Balaban J connectivity index is 1.54. The van der Waals surface area contributed by atoms with E-state index in [2.05, 4.69) is 47.6 Å². The van der Waals surface area contributed by atoms with Crippen molar-refractivity contribution in [2.75, 3.05) is 0 Å². The SMILES string of the molecule is CC(C)CCC[C@@H](C)[C@H]1CCC2C3C(CC[C@@]21C)[C@@]1(C)CC[C@H](O)CC1=C[C@@H]3C. The molecule has 0 aromatic rings. The number of allylic oxidation sites excluding steroid dienone is 1. The standard InChI is InChI=1S/C28H48O/c1-18(2)8-7-9-19(3)23-10-11-24-26-20(4)16-21-17-22(29)12-14-27(21,5)25(26)13-15-28(23,24)6/h16,18-20,22-26,29H,7-15,17H2,1-6H3/t19-,20+,22+,23-,24?,25?,26?,27+,28-/m1/s1. The van der Waals surface area contributed by atoms with Crippen molar-refractivity contribution in [1.82, 2.24) is 0 Å². The van der Waals surface area contributed by atoms with E-state index in [1.54, 1.807) is 5.57 Å². The van der Waals surface area contributed by atoms with Crippen LogP contribution in [0.3, 0.4) is 0 Å². The largest absolute Gasteiger partial charge is 0.393 e. The molecule has 1 N–H and O–H groups in total. The van der Waals surface area contributed by atoms with Gasteiger partial charge in [0.2, 0.25) is 0 Å². The molecule has 3 fully saturated rings. The van der Waals surface area contributed by atoms with Crippen LogP contribution in [0.25, 0.3) is 0 Å². The zero-order chi connectivity index (χ0) is 21.0. The average Bonchev–Trinajstić information content (AvgIpc) is 3.00. The van der Waals surface area contributed by atoms with Crippen LogP contribution in [0.15, 0.2) is 11.6 Å². The fourth-order valence-corrected chi connectivity index (χ4v) is 9.02. The molecule has 0 radical (unpaired) electrons. The van der Waals surface area contributed by atoms with E-state index in [1.165, 1.54) is 51.4 Å². The van der Waals surface area contributed by atoms with Crippen LogP contribution in [0, 0.1) is 52.3 Å². The second kappa shape index (κ2) is 7.99. The van der Waals surface area contributed by atoms with Crippen molar-refractivity contribution in [3.63, 3.8) is 0 Å². The Morgan fingerprint density at radius 1 is 1.00 bits per heavy atom. The van der Waals surface area contributed by atoms with E-state index in [9.17, 15) is 5.11 Å². The van der Waals surface area contributed by atoms with Crippen LogP contribution in [0.5, 0.6) is 0 Å². The molecule has 166 valence electrons. The Kier molecular flexibility index (Phi) is 6.04. The van der Waals surface area contributed by atoms with Crippen molar-refractivity contribution in [2.45, 2.75) is 112 Å². The van der Waals surface area contributed by atoms with Crippen LogP contribution in [0.4, 0.5) is 0 Å². The van der Waals surface area contributed by atoms with Gasteiger partial charge in [-0.15, -0.1) is 0 Å². The minimum Gasteiger partial charge on any atom is -0.393 e. The third kappa shape index (κ3) is 3.66. The first-order valence-electron chi connectivity index (χ1n) is 13.1. The minimum absolute atomic E-state index is 0.0884. The molecule has 0 amide bonds. The molecule has 4 rings (SSSR count). The second-order valence-electron chi connectivity index (χ2n) is 12.7. The summed E-state index contributed by atoms with van der Waals surface area (Å²) in [6, 6.07) is 0. The van der Waals surface area contributed by atoms with Gasteiger partial charge in [-0.3, -0.25) is 0 Å². The number of hydrogen-bond donors (Lipinski definition) is 1. The molecule has 29 heavy (non-hydrogen) atoms. The molecule has 0 spiro atoms. The third-order valence-electron chi connectivity index (χ3n) is 10.6. The van der Waals surface area contributed by atoms with Crippen molar-refractivity contribution in [3.05, 3.63) is 11.6 Å². The smallest absolute Gasteiger partial charge is 0.0577 e. The third-order valence-corrected chi connectivity index (χ3v) is 10.6. The van der Waals surface area contributed by atoms with E-state index in [4.69, 9.17) is 0 Å². The number of fused-ring (bicyclic) bond motifs is 5. The summed E-state index contributed by atoms with van der Waals surface area (Å²) in [4.78, 5) is 0. The zero-order valence-corrected chi connectivity index (χ0v) is 20.2. The van der Waals surface area contributed by atoms with Crippen molar-refractivity contribution in [2.24, 2.45) is 52.3 Å². The number of hydrogen-bond acceptors (Lipinski definition) is 1. The Labute approximate surface area is 181 Å². The van der Waals surface area contributed by atoms with Gasteiger partial charge in [0.15, 0.2) is 0 Å². The summed E-state index contributed by atoms with van der Waals surface area (Å²) in [5, 5.41) is 10.3. The first-order valence-corrected chi connectivity index (χ1v) is 13.1. The van der Waals surface area contributed by atoms with Gasteiger partial charge in [0, 0.05) is 0 Å². The highest BCUT2D eigenvalue weighted by Crippen LogP contribution is 2.68. The molecular formula is C28H48O. The molecule has 0 saturated heterocycles. The maximum absolute atomic E-state index is 10.3. The van der Waals surface area contributed by atoms with Gasteiger partial charge in [-0.05, 0) is 97.2 Å². The zero-order valence-electron chi connectivity index (χ0n) is 20.2. The van der Waals surface area contributed by atoms with Gasteiger partial charge >= 0.3 is 0 Å². The maximum atomic E-state index is 10.3. The van der Waals surface area contributed by atoms with Crippen LogP contribution in [-0.4, -0.2) is 11.2 Å². The summed E-state index contributed by atoms with van der Waals surface area (Å²) in [6.45, 7) is 15.1. The normalized spacial score (nSPS) is 47.9. The van der Waals surface area contributed by atoms with E-state index in [-0.39, 0.29) is 6.10 Å². The van der Waals surface area contributed by atoms with E-state index in [0.29, 0.717) is 16.7 Å². The number of aliphatic hydroxyl groups is 1. The van der Waals surface area contributed by atoms with Gasteiger partial charge in [-0.2, -0.15) is 0 Å². The molecule has 1 heteroatoms. The quantitative estimate of drug-likeness (QED) is 0.470. The summed E-state index contributed by atoms with van der Waals surface area (Å²) < 4.78 is 0. The Morgan fingerprint density at radius 2 is 1.76 bits per heavy atom. The minimum atomic E-state index is -0.0884. The van der Waals surface area contributed by atoms with Crippen LogP contribution < -0.4 is 0 Å². The number of aliphatic hydroxyl groups excluding tert-OH is 1. The predicted molar refractivity (Wildman–Crippen MR) is 124 cm³/mol. The van der Waals surface area contributed by atoms with E-state index in [1.807, 2.05) is 0 Å². The lowest BCUT2D eigenvalue weighted by Gasteiger charge is -2.60. The lowest BCUT2D eigenvalue weighted by molar-refractivity contribution is -0.0731. The molecule has 0 aromatic carbocycles. The highest BCUT2D eigenvalue weighted by molar-refractivity contribution is 5.26. The molecule has 0 aromatic heterocycles. The molecule has 0 heterocycles. The molecule has 4 aliphatic rings. The summed E-state index contributed by atoms with van der Waals surface area (Å²) in [5.41, 5.74) is 2.56. The molecule has 1 nitrogen and oxygen atoms in total. The van der Waals surface area contributed by atoms with E-state index < -0.39 is 0 Å². The summed E-state index contributed by atoms with van der Waals surface area (Å²) >= 11 is 0. The first kappa shape index (κ1) is 21.9. The lowest BCUT2D eigenvalue weighted by Crippen LogP contribution is -2.53. The highest BCUT2D eigenvalue weighted by atomic mass is 16.3. The van der Waals surface area contributed by atoms with Crippen LogP contribution in [0.2, 0.25) is 0 Å². The molecule has 0 aliphatic heterocycles. The van der Waals surface area contributed by atoms with Gasteiger partial charge in [0.1, 0.15) is 0 Å². The van der Waals surface area contributed by atoms with Crippen molar-refractivity contribution >= 4 is 0 Å². The van der Waals surface area contributed by atoms with E-state index in [0.717, 1.165) is 48.3 Å². The topological polar surface area (TPSA) is 20.2 Å². The molecule has 3 saturated carbocycles. The van der Waals surface area contributed by atoms with Crippen molar-refractivity contribution < 1.29 is 5.11 Å². The lowest BCUT2D eigenvalue weighted by atomic mass is 9.45. The van der Waals surface area contributed by atoms with Crippen molar-refractivity contribution in [3.8, 4) is 0 Å². The predicted octanol–water partition coefficient (Wildman–Crippen LogP) is 7.63. The highest BCUT2D eigenvalue weighted by Gasteiger charge is 2.60. The Morgan fingerprint density at radius 3 is 2.48 bits per heavy atom. The fraction of sp³-hybridized carbons (Fsp3) is 0.929. The molecular weight excluding hydrogens is 352 g/mol. The van der Waals surface area contributed by atoms with Gasteiger partial charge < -0.3 is 5.11 Å². The fourth-order valence-electron chi connectivity index (χ4n) is 9.02. The van der Waals surface area contributed by atoms with Crippen molar-refractivity contribution in [1.29, 1.82) is 0 Å². The van der Waals surface area contributed by atoms with Crippen LogP contribution >= 0.6 is 0 Å². The molecule has 0 bridgehead atoms. The molecule has 3 unspecified atom stereocenters. The monoisotopic (exact) mass is 400 g/mol. The first-order chi connectivity index (χ1) is 13.7. The van der Waals surface area contributed by atoms with Gasteiger partial charge in [0.05, 0.1) is 6.10 Å². The summed E-state index contributed by atoms with van der Waals surface area (Å²) in [6.07, 6.45) is 15.8. The second-order valence-corrected chi connectivity index (χ2v) is 12.7. The van der Waals surface area contributed by atoms with Gasteiger partial charge in [0.25, 0.3) is 0 Å². The number of rotatable bonds is 5. The molecule has 4 aliphatic carbocycles. The van der Waals surface area contributed by atoms with Gasteiger partial charge in [-0.25, -0.2) is 0 Å². The van der Waals surface area contributed by atoms with E-state index >= 15 is 0 Å². The Hall–Kier alpha value is -0.300. The van der Waals surface area contributed by atoms with Gasteiger partial charge in [-0.1, -0.05) is 72.5 Å². The summed E-state index contributed by atoms with van der Waals surface area (Å²) in [7, 11) is 0. The Bertz CT molecular complexity index is 620.